The summed E-state index contributed by atoms with van der Waals surface area (Å²) in [7, 11) is 0. The van der Waals surface area contributed by atoms with Crippen LogP contribution in [0.5, 0.6) is 0 Å². The third-order valence-electron chi connectivity index (χ3n) is 4.88. The monoisotopic (exact) mass is 339 g/mol. The first-order chi connectivity index (χ1) is 11.0. The Hall–Kier alpha value is -1.62. The van der Waals surface area contributed by atoms with Crippen LogP contribution in [0.1, 0.15) is 32.1 Å². The number of anilines is 1. The van der Waals surface area contributed by atoms with E-state index in [0.717, 1.165) is 12.3 Å². The van der Waals surface area contributed by atoms with Gasteiger partial charge in [-0.25, -0.2) is 4.39 Å². The summed E-state index contributed by atoms with van der Waals surface area (Å²) in [5, 5.41) is 2.45. The van der Waals surface area contributed by atoms with Gasteiger partial charge in [0, 0.05) is 12.1 Å². The van der Waals surface area contributed by atoms with Crippen LogP contribution in [0, 0.1) is 23.6 Å². The van der Waals surface area contributed by atoms with Gasteiger partial charge in [-0.15, -0.1) is 0 Å². The zero-order valence-corrected chi connectivity index (χ0v) is 13.4. The second-order valence-corrected chi connectivity index (χ2v) is 6.88. The minimum atomic E-state index is -0.554. The first-order valence-corrected chi connectivity index (χ1v) is 8.29. The molecular formula is C17H19ClFNO3. The Morgan fingerprint density at radius 2 is 2.13 bits per heavy atom. The number of benzene rings is 1. The van der Waals surface area contributed by atoms with Crippen molar-refractivity contribution in [3.8, 4) is 0 Å². The lowest BCUT2D eigenvalue weighted by Gasteiger charge is -2.20. The molecule has 1 amide bonds. The van der Waals surface area contributed by atoms with E-state index in [1.807, 2.05) is 0 Å². The lowest BCUT2D eigenvalue weighted by molar-refractivity contribution is -0.148. The highest BCUT2D eigenvalue weighted by Gasteiger charge is 2.40. The average Bonchev–Trinajstić information content (AvgIpc) is 3.12. The van der Waals surface area contributed by atoms with Gasteiger partial charge in [0.15, 0.2) is 6.61 Å². The van der Waals surface area contributed by atoms with E-state index in [9.17, 15) is 14.0 Å². The fourth-order valence-electron chi connectivity index (χ4n) is 3.82. The fraction of sp³-hybridized carbons (Fsp3) is 0.529. The van der Waals surface area contributed by atoms with Crippen molar-refractivity contribution < 1.29 is 18.7 Å². The van der Waals surface area contributed by atoms with Crippen LogP contribution in [0.25, 0.3) is 0 Å². The molecule has 3 rings (SSSR count). The minimum Gasteiger partial charge on any atom is -0.456 e. The van der Waals surface area contributed by atoms with Crippen LogP contribution in [0.3, 0.4) is 0 Å². The summed E-state index contributed by atoms with van der Waals surface area (Å²) in [6, 6.07) is 3.88. The highest BCUT2D eigenvalue weighted by atomic mass is 35.5. The standard InChI is InChI=1S/C17H19ClFNO3/c18-14-8-13(3-4-15(14)19)20-16(21)9-23-17(22)7-12-6-10-1-2-11(12)5-10/h3-4,8,10-12H,1-2,5-7,9H2,(H,20,21)/t10-,11+,12-/m0/s1. The van der Waals surface area contributed by atoms with E-state index in [4.69, 9.17) is 16.3 Å². The molecule has 2 aliphatic rings. The molecule has 0 unspecified atom stereocenters. The van der Waals surface area contributed by atoms with E-state index in [2.05, 4.69) is 5.32 Å². The smallest absolute Gasteiger partial charge is 0.306 e. The number of halogens is 2. The number of fused-ring (bicyclic) bond motifs is 2. The molecule has 4 nitrogen and oxygen atoms in total. The molecule has 0 aliphatic heterocycles. The first-order valence-electron chi connectivity index (χ1n) is 7.92. The molecule has 1 aromatic carbocycles. The molecule has 2 saturated carbocycles. The summed E-state index contributed by atoms with van der Waals surface area (Å²) >= 11 is 5.64. The number of nitrogens with one attached hydrogen (secondary N) is 1. The minimum absolute atomic E-state index is 0.0731. The van der Waals surface area contributed by atoms with Crippen molar-refractivity contribution in [2.45, 2.75) is 32.1 Å². The van der Waals surface area contributed by atoms with Crippen LogP contribution in [0.4, 0.5) is 10.1 Å². The van der Waals surface area contributed by atoms with Crippen molar-refractivity contribution in [3.05, 3.63) is 29.0 Å². The van der Waals surface area contributed by atoms with Gasteiger partial charge >= 0.3 is 5.97 Å². The Kier molecular flexibility index (Phi) is 4.85. The Bertz CT molecular complexity index is 622. The number of amides is 1. The van der Waals surface area contributed by atoms with Crippen molar-refractivity contribution in [2.75, 3.05) is 11.9 Å². The van der Waals surface area contributed by atoms with E-state index in [-0.39, 0.29) is 17.6 Å². The lowest BCUT2D eigenvalue weighted by atomic mass is 9.86. The first kappa shape index (κ1) is 16.2. The van der Waals surface area contributed by atoms with E-state index in [0.29, 0.717) is 23.9 Å². The number of rotatable bonds is 5. The maximum atomic E-state index is 13.0. The Morgan fingerprint density at radius 3 is 2.78 bits per heavy atom. The summed E-state index contributed by atoms with van der Waals surface area (Å²) in [6.45, 7) is -0.339. The molecule has 0 spiro atoms. The molecule has 124 valence electrons. The summed E-state index contributed by atoms with van der Waals surface area (Å²) in [5.74, 6) is 0.512. The number of carbonyl (C=O) groups excluding carboxylic acids is 2. The Morgan fingerprint density at radius 1 is 1.30 bits per heavy atom. The molecule has 2 aliphatic carbocycles. The molecule has 0 saturated heterocycles. The SMILES string of the molecule is O=C(COC(=O)C[C@@H]1C[C@H]2CC[C@@H]1C2)Nc1ccc(F)c(Cl)c1. The predicted molar refractivity (Wildman–Crippen MR) is 84.6 cm³/mol. The van der Waals surface area contributed by atoms with Crippen LogP contribution in [-0.4, -0.2) is 18.5 Å². The molecule has 0 heterocycles. The van der Waals surface area contributed by atoms with Crippen molar-refractivity contribution in [1.82, 2.24) is 0 Å². The third-order valence-corrected chi connectivity index (χ3v) is 5.17. The molecule has 6 heteroatoms. The summed E-state index contributed by atoms with van der Waals surface area (Å²) in [4.78, 5) is 23.6. The van der Waals surface area contributed by atoms with Gasteiger partial charge < -0.3 is 10.1 Å². The number of hydrogen-bond donors (Lipinski definition) is 1. The van der Waals surface area contributed by atoms with E-state index < -0.39 is 11.7 Å². The fourth-order valence-corrected chi connectivity index (χ4v) is 4.00. The van der Waals surface area contributed by atoms with Gasteiger partial charge in [-0.2, -0.15) is 0 Å². The van der Waals surface area contributed by atoms with Gasteiger partial charge in [0.05, 0.1) is 5.02 Å². The number of ether oxygens (including phenoxy) is 1. The molecule has 2 bridgehead atoms. The Labute approximate surface area is 139 Å². The second kappa shape index (κ2) is 6.87. The summed E-state index contributed by atoms with van der Waals surface area (Å²) in [6.07, 6.45) is 5.26. The molecule has 2 fully saturated rings. The van der Waals surface area contributed by atoms with E-state index in [1.165, 1.54) is 37.5 Å². The normalized spacial score (nSPS) is 25.4. The number of esters is 1. The van der Waals surface area contributed by atoms with Crippen LogP contribution in [-0.2, 0) is 14.3 Å². The largest absolute Gasteiger partial charge is 0.456 e. The quantitative estimate of drug-likeness (QED) is 0.830. The van der Waals surface area contributed by atoms with Crippen LogP contribution >= 0.6 is 11.6 Å². The van der Waals surface area contributed by atoms with Gasteiger partial charge in [0.1, 0.15) is 5.82 Å². The highest BCUT2D eigenvalue weighted by Crippen LogP contribution is 2.49. The van der Waals surface area contributed by atoms with Crippen LogP contribution in [0.15, 0.2) is 18.2 Å². The van der Waals surface area contributed by atoms with Crippen molar-refractivity contribution in [3.63, 3.8) is 0 Å². The van der Waals surface area contributed by atoms with Crippen molar-refractivity contribution in [1.29, 1.82) is 0 Å². The number of carbonyl (C=O) groups is 2. The van der Waals surface area contributed by atoms with Gasteiger partial charge in [-0.1, -0.05) is 18.0 Å². The van der Waals surface area contributed by atoms with Gasteiger partial charge in [-0.3, -0.25) is 9.59 Å². The molecule has 1 N–H and O–H groups in total. The zero-order valence-electron chi connectivity index (χ0n) is 12.7. The summed E-state index contributed by atoms with van der Waals surface area (Å²) in [5.41, 5.74) is 0.366. The average molecular weight is 340 g/mol. The summed E-state index contributed by atoms with van der Waals surface area (Å²) < 4.78 is 18.1. The second-order valence-electron chi connectivity index (χ2n) is 6.48. The van der Waals surface area contributed by atoms with Crippen LogP contribution in [0.2, 0.25) is 5.02 Å². The molecule has 1 aromatic rings. The lowest BCUT2D eigenvalue weighted by Crippen LogP contribution is -2.23. The maximum Gasteiger partial charge on any atom is 0.306 e. The topological polar surface area (TPSA) is 55.4 Å². The van der Waals surface area contributed by atoms with Crippen LogP contribution < -0.4 is 5.32 Å². The molecule has 3 atom stereocenters. The van der Waals surface area contributed by atoms with E-state index >= 15 is 0 Å². The van der Waals surface area contributed by atoms with Crippen molar-refractivity contribution >= 4 is 29.2 Å². The molecule has 23 heavy (non-hydrogen) atoms. The third kappa shape index (κ3) is 4.02. The van der Waals surface area contributed by atoms with Crippen molar-refractivity contribution in [2.24, 2.45) is 17.8 Å². The van der Waals surface area contributed by atoms with Gasteiger partial charge in [0.2, 0.25) is 0 Å². The molecular weight excluding hydrogens is 321 g/mol. The Balaban J connectivity index is 1.41. The highest BCUT2D eigenvalue weighted by molar-refractivity contribution is 6.31. The zero-order chi connectivity index (χ0) is 16.4. The van der Waals surface area contributed by atoms with Gasteiger partial charge in [-0.05, 0) is 55.2 Å². The molecule has 0 aromatic heterocycles. The molecule has 0 radical (unpaired) electrons. The number of hydrogen-bond acceptors (Lipinski definition) is 3. The maximum absolute atomic E-state index is 13.0. The predicted octanol–water partition coefficient (Wildman–Crippen LogP) is 3.79. The van der Waals surface area contributed by atoms with E-state index in [1.54, 1.807) is 0 Å². The van der Waals surface area contributed by atoms with Gasteiger partial charge in [0.25, 0.3) is 5.91 Å².